The number of ether oxygens (including phenoxy) is 1. The van der Waals surface area contributed by atoms with Gasteiger partial charge in [0.2, 0.25) is 5.91 Å². The lowest BCUT2D eigenvalue weighted by atomic mass is 10.1. The van der Waals surface area contributed by atoms with Crippen LogP contribution in [0.2, 0.25) is 10.0 Å². The van der Waals surface area contributed by atoms with Crippen molar-refractivity contribution in [3.05, 3.63) is 33.8 Å². The molecule has 3 rings (SSSR count). The van der Waals surface area contributed by atoms with Gasteiger partial charge in [-0.2, -0.15) is 0 Å². The number of rotatable bonds is 4. The maximum absolute atomic E-state index is 12.4. The van der Waals surface area contributed by atoms with Gasteiger partial charge in [0.25, 0.3) is 0 Å². The fourth-order valence-electron chi connectivity index (χ4n) is 3.19. The Kier molecular flexibility index (Phi) is 5.81. The number of piperazine rings is 1. The molecular formula is C17H22Cl2N2O2. The number of amides is 1. The van der Waals surface area contributed by atoms with E-state index in [-0.39, 0.29) is 5.91 Å². The largest absolute Gasteiger partial charge is 0.377 e. The van der Waals surface area contributed by atoms with Crippen LogP contribution in [0.4, 0.5) is 0 Å². The molecule has 2 aliphatic rings. The van der Waals surface area contributed by atoms with Crippen molar-refractivity contribution >= 4 is 29.1 Å². The summed E-state index contributed by atoms with van der Waals surface area (Å²) in [5.41, 5.74) is 0.909. The van der Waals surface area contributed by atoms with E-state index in [1.54, 1.807) is 12.1 Å². The number of carbonyl (C=O) groups excluding carboxylic acids is 1. The van der Waals surface area contributed by atoms with Crippen LogP contribution < -0.4 is 0 Å². The fourth-order valence-corrected chi connectivity index (χ4v) is 3.51. The molecule has 0 aliphatic carbocycles. The summed E-state index contributed by atoms with van der Waals surface area (Å²) in [7, 11) is 0. The number of halogens is 2. The monoisotopic (exact) mass is 356 g/mol. The van der Waals surface area contributed by atoms with Gasteiger partial charge >= 0.3 is 0 Å². The molecule has 0 aromatic heterocycles. The second-order valence-electron chi connectivity index (χ2n) is 6.24. The lowest BCUT2D eigenvalue weighted by Crippen LogP contribution is -2.50. The molecule has 2 saturated heterocycles. The number of carbonyl (C=O) groups is 1. The second-order valence-corrected chi connectivity index (χ2v) is 7.06. The molecule has 1 aromatic carbocycles. The molecule has 1 aromatic rings. The van der Waals surface area contributed by atoms with Crippen LogP contribution in [0.1, 0.15) is 18.4 Å². The normalized spacial score (nSPS) is 22.5. The van der Waals surface area contributed by atoms with E-state index in [9.17, 15) is 4.79 Å². The summed E-state index contributed by atoms with van der Waals surface area (Å²) in [6.45, 7) is 5.31. The number of hydrogen-bond acceptors (Lipinski definition) is 3. The highest BCUT2D eigenvalue weighted by atomic mass is 35.5. The average molecular weight is 357 g/mol. The van der Waals surface area contributed by atoms with Crippen molar-refractivity contribution in [3.63, 3.8) is 0 Å². The van der Waals surface area contributed by atoms with Gasteiger partial charge in [0.1, 0.15) is 0 Å². The molecule has 0 saturated carbocycles. The predicted octanol–water partition coefficient (Wildman–Crippen LogP) is 2.86. The van der Waals surface area contributed by atoms with Crippen molar-refractivity contribution in [1.82, 2.24) is 9.80 Å². The molecule has 126 valence electrons. The first kappa shape index (κ1) is 17.0. The van der Waals surface area contributed by atoms with Crippen molar-refractivity contribution in [2.75, 3.05) is 39.3 Å². The third-order valence-corrected chi connectivity index (χ3v) is 5.29. The third-order valence-electron chi connectivity index (χ3n) is 4.55. The Labute approximate surface area is 147 Å². The standard InChI is InChI=1S/C17H22Cl2N2O2/c18-15-4-3-13(10-16(15)19)11-17(22)21-7-5-20(6-8-21)12-14-2-1-9-23-14/h3-4,10,14H,1-2,5-9,11-12H2. The molecule has 0 radical (unpaired) electrons. The van der Waals surface area contributed by atoms with Crippen molar-refractivity contribution in [2.45, 2.75) is 25.4 Å². The zero-order valence-electron chi connectivity index (χ0n) is 13.1. The number of hydrogen-bond donors (Lipinski definition) is 0. The molecule has 1 atom stereocenters. The van der Waals surface area contributed by atoms with Crippen LogP contribution in [0.3, 0.4) is 0 Å². The minimum absolute atomic E-state index is 0.153. The van der Waals surface area contributed by atoms with E-state index in [1.165, 1.54) is 6.42 Å². The van der Waals surface area contributed by atoms with Crippen LogP contribution in [0.15, 0.2) is 18.2 Å². The molecule has 4 nitrogen and oxygen atoms in total. The van der Waals surface area contributed by atoms with Gasteiger partial charge in [0.05, 0.1) is 22.6 Å². The van der Waals surface area contributed by atoms with Crippen molar-refractivity contribution < 1.29 is 9.53 Å². The first-order valence-electron chi connectivity index (χ1n) is 8.17. The first-order chi connectivity index (χ1) is 11.1. The summed E-state index contributed by atoms with van der Waals surface area (Å²) in [4.78, 5) is 16.8. The smallest absolute Gasteiger partial charge is 0.227 e. The van der Waals surface area contributed by atoms with E-state index >= 15 is 0 Å². The highest BCUT2D eigenvalue weighted by Gasteiger charge is 2.24. The SMILES string of the molecule is O=C(Cc1ccc(Cl)c(Cl)c1)N1CCN(CC2CCCO2)CC1. The lowest BCUT2D eigenvalue weighted by molar-refractivity contribution is -0.132. The Morgan fingerprint density at radius 3 is 2.61 bits per heavy atom. The maximum Gasteiger partial charge on any atom is 0.227 e. The van der Waals surface area contributed by atoms with Gasteiger partial charge in [-0.1, -0.05) is 29.3 Å². The molecule has 2 heterocycles. The van der Waals surface area contributed by atoms with Crippen molar-refractivity contribution in [2.24, 2.45) is 0 Å². The first-order valence-corrected chi connectivity index (χ1v) is 8.93. The van der Waals surface area contributed by atoms with Crippen LogP contribution in [0, 0.1) is 0 Å². The molecule has 0 bridgehead atoms. The highest BCUT2D eigenvalue weighted by molar-refractivity contribution is 6.42. The number of nitrogens with zero attached hydrogens (tertiary/aromatic N) is 2. The molecule has 0 N–H and O–H groups in total. The Balaban J connectivity index is 1.46. The van der Waals surface area contributed by atoms with Crippen LogP contribution in [-0.2, 0) is 16.0 Å². The molecule has 2 aliphatic heterocycles. The van der Waals surface area contributed by atoms with Gasteiger partial charge in [0.15, 0.2) is 0 Å². The molecule has 1 amide bonds. The lowest BCUT2D eigenvalue weighted by Gasteiger charge is -2.35. The van der Waals surface area contributed by atoms with Gasteiger partial charge in [-0.15, -0.1) is 0 Å². The summed E-state index contributed by atoms with van der Waals surface area (Å²) in [5, 5.41) is 1.02. The Bertz CT molecular complexity index is 554. The topological polar surface area (TPSA) is 32.8 Å². The summed E-state index contributed by atoms with van der Waals surface area (Å²) in [6.07, 6.45) is 3.10. The zero-order valence-corrected chi connectivity index (χ0v) is 14.7. The van der Waals surface area contributed by atoms with E-state index in [0.717, 1.165) is 51.3 Å². The van der Waals surface area contributed by atoms with Gasteiger partial charge in [-0.05, 0) is 30.5 Å². The minimum atomic E-state index is 0.153. The molecule has 2 fully saturated rings. The van der Waals surface area contributed by atoms with E-state index < -0.39 is 0 Å². The highest BCUT2D eigenvalue weighted by Crippen LogP contribution is 2.23. The Morgan fingerprint density at radius 2 is 1.96 bits per heavy atom. The number of benzene rings is 1. The predicted molar refractivity (Wildman–Crippen MR) is 92.2 cm³/mol. The molecule has 0 spiro atoms. The van der Waals surface area contributed by atoms with E-state index in [4.69, 9.17) is 27.9 Å². The van der Waals surface area contributed by atoms with Gasteiger partial charge in [0, 0.05) is 39.3 Å². The van der Waals surface area contributed by atoms with Crippen LogP contribution in [0.25, 0.3) is 0 Å². The molecular weight excluding hydrogens is 335 g/mol. The van der Waals surface area contributed by atoms with Crippen LogP contribution >= 0.6 is 23.2 Å². The van der Waals surface area contributed by atoms with Gasteiger partial charge < -0.3 is 9.64 Å². The van der Waals surface area contributed by atoms with E-state index in [2.05, 4.69) is 4.90 Å². The van der Waals surface area contributed by atoms with Crippen LogP contribution in [0.5, 0.6) is 0 Å². The average Bonchev–Trinajstić information content (AvgIpc) is 3.04. The summed E-state index contributed by atoms with van der Waals surface area (Å²) in [6, 6.07) is 5.38. The maximum atomic E-state index is 12.4. The van der Waals surface area contributed by atoms with Gasteiger partial charge in [-0.3, -0.25) is 9.69 Å². The van der Waals surface area contributed by atoms with E-state index in [0.29, 0.717) is 22.6 Å². The van der Waals surface area contributed by atoms with Crippen LogP contribution in [-0.4, -0.2) is 61.1 Å². The molecule has 1 unspecified atom stereocenters. The minimum Gasteiger partial charge on any atom is -0.377 e. The Hall–Kier alpha value is -0.810. The Morgan fingerprint density at radius 1 is 1.17 bits per heavy atom. The third kappa shape index (κ3) is 4.60. The summed E-state index contributed by atoms with van der Waals surface area (Å²) >= 11 is 11.9. The van der Waals surface area contributed by atoms with E-state index in [1.807, 2.05) is 11.0 Å². The fraction of sp³-hybridized carbons (Fsp3) is 0.588. The molecule has 23 heavy (non-hydrogen) atoms. The second kappa shape index (κ2) is 7.84. The van der Waals surface area contributed by atoms with Crippen molar-refractivity contribution in [3.8, 4) is 0 Å². The quantitative estimate of drug-likeness (QED) is 0.831. The van der Waals surface area contributed by atoms with Gasteiger partial charge in [-0.25, -0.2) is 0 Å². The summed E-state index contributed by atoms with van der Waals surface area (Å²) < 4.78 is 5.68. The molecule has 6 heteroatoms. The van der Waals surface area contributed by atoms with Crippen molar-refractivity contribution in [1.29, 1.82) is 0 Å². The summed E-state index contributed by atoms with van der Waals surface area (Å²) in [5.74, 6) is 0.153. The zero-order chi connectivity index (χ0) is 16.2.